The van der Waals surface area contributed by atoms with Crippen molar-refractivity contribution >= 4 is 44.0 Å². The Bertz CT molecular complexity index is 1740. The van der Waals surface area contributed by atoms with E-state index in [-0.39, 0.29) is 10.8 Å². The molecule has 0 unspecified atom stereocenters. The average Bonchev–Trinajstić information content (AvgIpc) is 3.39. The molecule has 0 spiro atoms. The van der Waals surface area contributed by atoms with Crippen molar-refractivity contribution in [1.82, 2.24) is 8.87 Å². The second kappa shape index (κ2) is 9.79. The Morgan fingerprint density at radius 1 is 0.923 bits per heavy atom. The van der Waals surface area contributed by atoms with Gasteiger partial charge in [0.2, 0.25) is 10.0 Å². The van der Waals surface area contributed by atoms with Gasteiger partial charge in [-0.15, -0.1) is 0 Å². The zero-order valence-electron chi connectivity index (χ0n) is 22.3. The summed E-state index contributed by atoms with van der Waals surface area (Å²) < 4.78 is 35.8. The molecule has 1 amide bonds. The van der Waals surface area contributed by atoms with E-state index in [2.05, 4.69) is 54.8 Å². The summed E-state index contributed by atoms with van der Waals surface area (Å²) in [5, 5.41) is 2.31. The quantitative estimate of drug-likeness (QED) is 0.327. The van der Waals surface area contributed by atoms with Crippen LogP contribution in [0.2, 0.25) is 0 Å². The molecule has 6 rings (SSSR count). The second-order valence-corrected chi connectivity index (χ2v) is 11.9. The number of anilines is 1. The fourth-order valence-electron chi connectivity index (χ4n) is 5.75. The van der Waals surface area contributed by atoms with E-state index in [1.165, 1.54) is 4.31 Å². The number of ether oxygens (including phenoxy) is 1. The summed E-state index contributed by atoms with van der Waals surface area (Å²) in [6.07, 6.45) is 1.91. The first kappa shape index (κ1) is 25.6. The minimum Gasteiger partial charge on any atom is -0.379 e. The van der Waals surface area contributed by atoms with E-state index in [0.717, 1.165) is 39.1 Å². The Hall–Kier alpha value is -3.72. The molecule has 1 saturated heterocycles. The first-order valence-electron chi connectivity index (χ1n) is 13.2. The maximum absolute atomic E-state index is 13.6. The molecule has 1 fully saturated rings. The van der Waals surface area contributed by atoms with E-state index in [1.807, 2.05) is 25.1 Å². The minimum atomic E-state index is -3.70. The van der Waals surface area contributed by atoms with Crippen molar-refractivity contribution in [2.45, 2.75) is 25.7 Å². The molecule has 0 saturated carbocycles. The van der Waals surface area contributed by atoms with Crippen LogP contribution in [0.1, 0.15) is 29.4 Å². The van der Waals surface area contributed by atoms with Crippen molar-refractivity contribution in [1.29, 1.82) is 0 Å². The number of morpholine rings is 1. The molecule has 39 heavy (non-hydrogen) atoms. The molecule has 1 aromatic heterocycles. The van der Waals surface area contributed by atoms with E-state index < -0.39 is 10.0 Å². The number of benzene rings is 3. The number of amides is 1. The van der Waals surface area contributed by atoms with Crippen molar-refractivity contribution in [3.63, 3.8) is 0 Å². The highest BCUT2D eigenvalue weighted by atomic mass is 32.2. The van der Waals surface area contributed by atoms with Crippen LogP contribution in [0.5, 0.6) is 0 Å². The number of carbonyl (C=O) groups excluding carboxylic acids is 1. The van der Waals surface area contributed by atoms with Gasteiger partial charge in [0, 0.05) is 47.5 Å². The van der Waals surface area contributed by atoms with Gasteiger partial charge in [0.15, 0.2) is 0 Å². The third-order valence-electron chi connectivity index (χ3n) is 7.73. The Balaban J connectivity index is 1.47. The molecule has 0 radical (unpaired) electrons. The topological polar surface area (TPSA) is 71.9 Å². The fraction of sp³-hybridized carbons (Fsp3) is 0.258. The summed E-state index contributed by atoms with van der Waals surface area (Å²) in [6, 6.07) is 21.7. The van der Waals surface area contributed by atoms with Crippen LogP contribution in [0.4, 0.5) is 5.69 Å². The Labute approximate surface area is 229 Å². The monoisotopic (exact) mass is 541 g/mol. The molecule has 3 aromatic carbocycles. The molecular formula is C31H31N3O4S. The van der Waals surface area contributed by atoms with Crippen molar-refractivity contribution < 1.29 is 17.9 Å². The molecule has 2 aliphatic rings. The highest BCUT2D eigenvalue weighted by molar-refractivity contribution is 7.89. The number of likely N-dealkylation sites (N-methyl/N-ethyl adjacent to an activating group) is 1. The molecule has 0 atom stereocenters. The smallest absolute Gasteiger partial charge is 0.258 e. The number of nitrogens with zero attached hydrogens (tertiary/aromatic N) is 3. The number of rotatable bonds is 5. The zero-order chi connectivity index (χ0) is 27.3. The van der Waals surface area contributed by atoms with Gasteiger partial charge < -0.3 is 14.2 Å². The van der Waals surface area contributed by atoms with E-state index in [4.69, 9.17) is 4.74 Å². The summed E-state index contributed by atoms with van der Waals surface area (Å²) >= 11 is 0. The standard InChI is InChI=1S/C31H31N3O4S/c1-4-33-29-13-12-25(39(36,37)32-14-16-38-17-15-32)20-27(29)28(31(33)35)19-24-18-21(2)34(22(24)3)30-11-7-9-23-8-5-6-10-26(23)30/h5-13,18-20H,4,14-17H2,1-3H3. The zero-order valence-corrected chi connectivity index (χ0v) is 23.2. The number of hydrogen-bond acceptors (Lipinski definition) is 4. The van der Waals surface area contributed by atoms with Crippen molar-refractivity contribution in [3.05, 3.63) is 89.2 Å². The van der Waals surface area contributed by atoms with E-state index in [1.54, 1.807) is 23.1 Å². The number of aromatic nitrogens is 1. The van der Waals surface area contributed by atoms with Gasteiger partial charge >= 0.3 is 0 Å². The third kappa shape index (κ3) is 4.19. The molecular weight excluding hydrogens is 510 g/mol. The van der Waals surface area contributed by atoms with Gasteiger partial charge in [-0.1, -0.05) is 36.4 Å². The largest absolute Gasteiger partial charge is 0.379 e. The van der Waals surface area contributed by atoms with Crippen LogP contribution in [0.3, 0.4) is 0 Å². The molecule has 0 N–H and O–H groups in total. The van der Waals surface area contributed by atoms with Crippen molar-refractivity contribution in [2.24, 2.45) is 0 Å². The van der Waals surface area contributed by atoms with Gasteiger partial charge in [0.25, 0.3) is 5.91 Å². The third-order valence-corrected chi connectivity index (χ3v) is 9.62. The average molecular weight is 542 g/mol. The molecule has 8 heteroatoms. The Morgan fingerprint density at radius 2 is 1.67 bits per heavy atom. The van der Waals surface area contributed by atoms with Crippen LogP contribution >= 0.6 is 0 Å². The highest BCUT2D eigenvalue weighted by Gasteiger charge is 2.34. The SMILES string of the molecule is CCN1C(=O)C(=Cc2cc(C)n(-c3cccc4ccccc34)c2C)c2cc(S(=O)(=O)N3CCOCC3)ccc21. The van der Waals surface area contributed by atoms with Crippen LogP contribution in [0.15, 0.2) is 71.6 Å². The lowest BCUT2D eigenvalue weighted by molar-refractivity contribution is -0.112. The lowest BCUT2D eigenvalue weighted by atomic mass is 10.0. The number of carbonyl (C=O) groups is 1. The van der Waals surface area contributed by atoms with Gasteiger partial charge in [-0.2, -0.15) is 4.31 Å². The summed E-state index contributed by atoms with van der Waals surface area (Å²) in [4.78, 5) is 15.5. The summed E-state index contributed by atoms with van der Waals surface area (Å²) in [5.41, 5.74) is 5.96. The van der Waals surface area contributed by atoms with Gasteiger partial charge in [0.1, 0.15) is 0 Å². The van der Waals surface area contributed by atoms with E-state index in [9.17, 15) is 13.2 Å². The van der Waals surface area contributed by atoms with Crippen LogP contribution in [-0.2, 0) is 19.6 Å². The van der Waals surface area contributed by atoms with Crippen LogP contribution < -0.4 is 4.90 Å². The Kier molecular flexibility index (Phi) is 6.41. The summed E-state index contributed by atoms with van der Waals surface area (Å²) in [7, 11) is -3.70. The lowest BCUT2D eigenvalue weighted by Gasteiger charge is -2.26. The van der Waals surface area contributed by atoms with Crippen LogP contribution in [0, 0.1) is 13.8 Å². The number of aryl methyl sites for hydroxylation is 1. The van der Waals surface area contributed by atoms with Gasteiger partial charge in [-0.3, -0.25) is 4.79 Å². The fourth-order valence-corrected chi connectivity index (χ4v) is 7.18. The first-order chi connectivity index (χ1) is 18.8. The molecule has 2 aliphatic heterocycles. The maximum atomic E-state index is 13.6. The number of hydrogen-bond donors (Lipinski definition) is 0. The molecule has 3 heterocycles. The first-order valence-corrected chi connectivity index (χ1v) is 14.7. The molecule has 4 aromatic rings. The lowest BCUT2D eigenvalue weighted by Crippen LogP contribution is -2.40. The predicted octanol–water partition coefficient (Wildman–Crippen LogP) is 5.18. The Morgan fingerprint density at radius 3 is 2.44 bits per heavy atom. The molecule has 7 nitrogen and oxygen atoms in total. The minimum absolute atomic E-state index is 0.122. The maximum Gasteiger partial charge on any atom is 0.258 e. The predicted molar refractivity (Wildman–Crippen MR) is 155 cm³/mol. The second-order valence-electron chi connectivity index (χ2n) is 9.96. The van der Waals surface area contributed by atoms with Crippen LogP contribution in [-0.4, -0.2) is 56.0 Å². The number of sulfonamides is 1. The van der Waals surface area contributed by atoms with Gasteiger partial charge in [-0.25, -0.2) is 8.42 Å². The van der Waals surface area contributed by atoms with Gasteiger partial charge in [0.05, 0.1) is 29.5 Å². The van der Waals surface area contributed by atoms with Gasteiger partial charge in [-0.05, 0) is 68.1 Å². The molecule has 0 bridgehead atoms. The van der Waals surface area contributed by atoms with E-state index >= 15 is 0 Å². The normalized spacial score (nSPS) is 17.4. The molecule has 0 aliphatic carbocycles. The van der Waals surface area contributed by atoms with E-state index in [0.29, 0.717) is 44.0 Å². The summed E-state index contributed by atoms with van der Waals surface area (Å²) in [6.45, 7) is 7.94. The van der Waals surface area contributed by atoms with Crippen molar-refractivity contribution in [3.8, 4) is 5.69 Å². The molecule has 200 valence electrons. The van der Waals surface area contributed by atoms with Crippen molar-refractivity contribution in [2.75, 3.05) is 37.7 Å². The van der Waals surface area contributed by atoms with Crippen LogP contribution in [0.25, 0.3) is 28.1 Å². The highest BCUT2D eigenvalue weighted by Crippen LogP contribution is 2.40. The number of fused-ring (bicyclic) bond motifs is 2. The summed E-state index contributed by atoms with van der Waals surface area (Å²) in [5.74, 6) is -0.122.